The zero-order chi connectivity index (χ0) is 14.7. The largest absolute Gasteiger partial charge is 0.311 e. The van der Waals surface area contributed by atoms with Gasteiger partial charge in [0.2, 0.25) is 0 Å². The van der Waals surface area contributed by atoms with Crippen molar-refractivity contribution in [3.05, 3.63) is 64.4 Å². The lowest BCUT2D eigenvalue weighted by Crippen LogP contribution is -2.26. The molecule has 3 nitrogen and oxygen atoms in total. The lowest BCUT2D eigenvalue weighted by Gasteiger charge is -2.18. The maximum Gasteiger partial charge on any atom is 0.259 e. The van der Waals surface area contributed by atoms with Gasteiger partial charge in [-0.2, -0.15) is 5.26 Å². The van der Waals surface area contributed by atoms with Crippen LogP contribution in [0.1, 0.15) is 15.9 Å². The van der Waals surface area contributed by atoms with Crippen molar-refractivity contribution in [3.63, 3.8) is 0 Å². The molecule has 0 aliphatic carbocycles. The molecule has 0 fully saturated rings. The van der Waals surface area contributed by atoms with E-state index in [1.165, 1.54) is 23.1 Å². The molecule has 0 bridgehead atoms. The number of anilines is 1. The van der Waals surface area contributed by atoms with Crippen molar-refractivity contribution in [2.24, 2.45) is 0 Å². The Morgan fingerprint density at radius 1 is 1.25 bits per heavy atom. The number of halogens is 2. The quantitative estimate of drug-likeness (QED) is 0.847. The van der Waals surface area contributed by atoms with E-state index in [0.29, 0.717) is 11.3 Å². The van der Waals surface area contributed by atoms with Gasteiger partial charge in [0.1, 0.15) is 5.82 Å². The Labute approximate surface area is 120 Å². The first kappa shape index (κ1) is 14.0. The molecule has 0 atom stereocenters. The average molecular weight is 289 g/mol. The van der Waals surface area contributed by atoms with Gasteiger partial charge >= 0.3 is 0 Å². The summed E-state index contributed by atoms with van der Waals surface area (Å²) in [5, 5.41) is 8.54. The molecule has 0 aromatic heterocycles. The Morgan fingerprint density at radius 3 is 2.50 bits per heavy atom. The van der Waals surface area contributed by atoms with Crippen LogP contribution in [0.4, 0.5) is 10.1 Å². The maximum absolute atomic E-state index is 13.4. The Hall–Kier alpha value is -2.38. The number of hydrogen-bond acceptors (Lipinski definition) is 2. The second kappa shape index (κ2) is 5.72. The maximum atomic E-state index is 13.4. The number of nitriles is 1. The van der Waals surface area contributed by atoms with E-state index in [2.05, 4.69) is 0 Å². The van der Waals surface area contributed by atoms with Crippen LogP contribution in [-0.4, -0.2) is 13.0 Å². The van der Waals surface area contributed by atoms with E-state index in [4.69, 9.17) is 16.9 Å². The number of carbonyl (C=O) groups is 1. The number of rotatable bonds is 2. The number of nitrogens with zero attached hydrogens (tertiary/aromatic N) is 2. The van der Waals surface area contributed by atoms with Crippen LogP contribution in [0.3, 0.4) is 0 Å². The van der Waals surface area contributed by atoms with Crippen molar-refractivity contribution in [2.75, 3.05) is 11.9 Å². The topological polar surface area (TPSA) is 44.1 Å². The van der Waals surface area contributed by atoms with Crippen LogP contribution in [-0.2, 0) is 0 Å². The van der Waals surface area contributed by atoms with E-state index in [0.717, 1.165) is 0 Å². The standard InChI is InChI=1S/C15H10ClFN2O/c1-19(11-7-5-10(9-18)6-8-11)15(20)12-3-2-4-13(17)14(12)16/h2-8H,1H3. The molecular weight excluding hydrogens is 279 g/mol. The number of amides is 1. The van der Waals surface area contributed by atoms with Crippen LogP contribution >= 0.6 is 11.6 Å². The van der Waals surface area contributed by atoms with Gasteiger partial charge < -0.3 is 4.90 Å². The first-order valence-corrected chi connectivity index (χ1v) is 6.14. The molecule has 5 heteroatoms. The highest BCUT2D eigenvalue weighted by Crippen LogP contribution is 2.23. The molecule has 2 rings (SSSR count). The first-order valence-electron chi connectivity index (χ1n) is 5.77. The third-order valence-corrected chi connectivity index (χ3v) is 3.25. The fourth-order valence-electron chi connectivity index (χ4n) is 1.73. The summed E-state index contributed by atoms with van der Waals surface area (Å²) in [6.07, 6.45) is 0. The van der Waals surface area contributed by atoms with Gasteiger partial charge in [-0.3, -0.25) is 4.79 Å². The summed E-state index contributed by atoms with van der Waals surface area (Å²) in [6.45, 7) is 0. The van der Waals surface area contributed by atoms with Crippen LogP contribution in [0.2, 0.25) is 5.02 Å². The predicted octanol–water partition coefficient (Wildman–Crippen LogP) is 3.63. The first-order chi connectivity index (χ1) is 9.54. The van der Waals surface area contributed by atoms with Gasteiger partial charge in [-0.1, -0.05) is 17.7 Å². The minimum atomic E-state index is -0.634. The van der Waals surface area contributed by atoms with E-state index < -0.39 is 11.7 Å². The summed E-state index contributed by atoms with van der Waals surface area (Å²) in [5.74, 6) is -1.05. The Kier molecular flexibility index (Phi) is 4.02. The molecule has 0 radical (unpaired) electrons. The molecular formula is C15H10ClFN2O. The highest BCUT2D eigenvalue weighted by atomic mass is 35.5. The van der Waals surface area contributed by atoms with Crippen LogP contribution in [0.5, 0.6) is 0 Å². The minimum Gasteiger partial charge on any atom is -0.311 e. The van der Waals surface area contributed by atoms with E-state index in [-0.39, 0.29) is 10.6 Å². The van der Waals surface area contributed by atoms with E-state index in [1.54, 1.807) is 31.3 Å². The highest BCUT2D eigenvalue weighted by Gasteiger charge is 2.18. The lowest BCUT2D eigenvalue weighted by atomic mass is 10.1. The van der Waals surface area contributed by atoms with Crippen LogP contribution in [0.15, 0.2) is 42.5 Å². The summed E-state index contributed by atoms with van der Waals surface area (Å²) in [7, 11) is 1.56. The average Bonchev–Trinajstić information content (AvgIpc) is 2.48. The van der Waals surface area contributed by atoms with Crippen molar-refractivity contribution in [1.82, 2.24) is 0 Å². The van der Waals surface area contributed by atoms with Crippen molar-refractivity contribution < 1.29 is 9.18 Å². The molecule has 0 unspecified atom stereocenters. The van der Waals surface area contributed by atoms with Gasteiger partial charge in [0.25, 0.3) is 5.91 Å². The van der Waals surface area contributed by atoms with Gasteiger partial charge in [0.15, 0.2) is 0 Å². The molecule has 0 heterocycles. The zero-order valence-electron chi connectivity index (χ0n) is 10.6. The number of carbonyl (C=O) groups excluding carboxylic acids is 1. The SMILES string of the molecule is CN(C(=O)c1cccc(F)c1Cl)c1ccc(C#N)cc1. The fraction of sp³-hybridized carbons (Fsp3) is 0.0667. The minimum absolute atomic E-state index is 0.0959. The third-order valence-electron chi connectivity index (χ3n) is 2.87. The van der Waals surface area contributed by atoms with Crippen molar-refractivity contribution in [2.45, 2.75) is 0 Å². The van der Waals surface area contributed by atoms with Crippen LogP contribution in [0.25, 0.3) is 0 Å². The summed E-state index contributed by atoms with van der Waals surface area (Å²) in [6, 6.07) is 12.6. The number of benzene rings is 2. The molecule has 2 aromatic carbocycles. The Bertz CT molecular complexity index is 692. The molecule has 20 heavy (non-hydrogen) atoms. The summed E-state index contributed by atoms with van der Waals surface area (Å²) < 4.78 is 13.4. The summed E-state index contributed by atoms with van der Waals surface area (Å²) in [4.78, 5) is 13.6. The molecule has 0 saturated heterocycles. The second-order valence-corrected chi connectivity index (χ2v) is 4.50. The van der Waals surface area contributed by atoms with Gasteiger partial charge in [-0.15, -0.1) is 0 Å². The molecule has 0 N–H and O–H groups in total. The van der Waals surface area contributed by atoms with Crippen molar-refractivity contribution in [3.8, 4) is 6.07 Å². The Morgan fingerprint density at radius 2 is 1.90 bits per heavy atom. The Balaban J connectivity index is 2.32. The second-order valence-electron chi connectivity index (χ2n) is 4.12. The molecule has 0 spiro atoms. The third kappa shape index (κ3) is 2.63. The lowest BCUT2D eigenvalue weighted by molar-refractivity contribution is 0.0992. The number of hydrogen-bond donors (Lipinski definition) is 0. The normalized spacial score (nSPS) is 9.90. The zero-order valence-corrected chi connectivity index (χ0v) is 11.4. The van der Waals surface area contributed by atoms with Crippen molar-refractivity contribution >= 4 is 23.2 Å². The van der Waals surface area contributed by atoms with Gasteiger partial charge in [-0.25, -0.2) is 4.39 Å². The van der Waals surface area contributed by atoms with Crippen molar-refractivity contribution in [1.29, 1.82) is 5.26 Å². The molecule has 0 aliphatic heterocycles. The predicted molar refractivity (Wildman–Crippen MR) is 75.3 cm³/mol. The van der Waals surface area contributed by atoms with Gasteiger partial charge in [0, 0.05) is 12.7 Å². The molecule has 0 saturated carbocycles. The molecule has 100 valence electrons. The van der Waals surface area contributed by atoms with E-state index >= 15 is 0 Å². The van der Waals surface area contributed by atoms with Crippen LogP contribution in [0, 0.1) is 17.1 Å². The fourth-order valence-corrected chi connectivity index (χ4v) is 1.93. The molecule has 1 amide bonds. The monoisotopic (exact) mass is 288 g/mol. The van der Waals surface area contributed by atoms with E-state index in [1.807, 2.05) is 6.07 Å². The highest BCUT2D eigenvalue weighted by molar-refractivity contribution is 6.34. The van der Waals surface area contributed by atoms with Gasteiger partial charge in [-0.05, 0) is 36.4 Å². The summed E-state index contributed by atoms with van der Waals surface area (Å²) in [5.41, 5.74) is 1.19. The van der Waals surface area contributed by atoms with Gasteiger partial charge in [0.05, 0.1) is 22.2 Å². The summed E-state index contributed by atoms with van der Waals surface area (Å²) >= 11 is 5.80. The van der Waals surface area contributed by atoms with E-state index in [9.17, 15) is 9.18 Å². The molecule has 0 aliphatic rings. The smallest absolute Gasteiger partial charge is 0.259 e. The van der Waals surface area contributed by atoms with Crippen LogP contribution < -0.4 is 4.90 Å². The molecule has 2 aromatic rings.